The third kappa shape index (κ3) is 1.07. The van der Waals surface area contributed by atoms with E-state index in [-0.39, 0.29) is 5.82 Å². The number of fused-ring (bicyclic) bond motifs is 3. The molecule has 0 atom stereocenters. The van der Waals surface area contributed by atoms with Gasteiger partial charge in [0.1, 0.15) is 0 Å². The zero-order valence-electron chi connectivity index (χ0n) is 7.89. The maximum absolute atomic E-state index is 8.46. The van der Waals surface area contributed by atoms with Gasteiger partial charge in [0.05, 0.1) is 0 Å². The lowest BCUT2D eigenvalue weighted by atomic mass is 10.2. The molecule has 0 aliphatic rings. The lowest BCUT2D eigenvalue weighted by molar-refractivity contribution is 0.737. The Balaban J connectivity index is 2.59. The summed E-state index contributed by atoms with van der Waals surface area (Å²) < 4.78 is 1.24. The van der Waals surface area contributed by atoms with E-state index in [1.165, 1.54) is 4.63 Å². The first kappa shape index (κ1) is 8.57. The van der Waals surface area contributed by atoms with Crippen molar-refractivity contribution in [2.75, 3.05) is 0 Å². The molecule has 0 saturated carbocycles. The van der Waals surface area contributed by atoms with E-state index in [2.05, 4.69) is 30.7 Å². The van der Waals surface area contributed by atoms with Crippen molar-refractivity contribution in [1.82, 2.24) is 25.3 Å². The SMILES string of the molecule is [N-]=[N+]=Nc1nn2nnnc2c2ccccc12. The number of tetrazole rings is 1. The van der Waals surface area contributed by atoms with E-state index in [0.717, 1.165) is 10.8 Å². The van der Waals surface area contributed by atoms with E-state index < -0.39 is 0 Å². The molecule has 0 spiro atoms. The Morgan fingerprint density at radius 1 is 1.25 bits per heavy atom. The monoisotopic (exact) mass is 212 g/mol. The van der Waals surface area contributed by atoms with Crippen LogP contribution in [0, 0.1) is 0 Å². The van der Waals surface area contributed by atoms with Crippen molar-refractivity contribution in [3.63, 3.8) is 0 Å². The summed E-state index contributed by atoms with van der Waals surface area (Å²) in [7, 11) is 0. The summed E-state index contributed by atoms with van der Waals surface area (Å²) in [6.07, 6.45) is 0. The topological polar surface area (TPSA) is 105 Å². The Morgan fingerprint density at radius 3 is 2.88 bits per heavy atom. The minimum atomic E-state index is 0.262. The van der Waals surface area contributed by atoms with E-state index >= 15 is 0 Å². The molecule has 0 amide bonds. The summed E-state index contributed by atoms with van der Waals surface area (Å²) in [6.45, 7) is 0. The molecule has 2 aromatic heterocycles. The molecule has 0 aliphatic carbocycles. The summed E-state index contributed by atoms with van der Waals surface area (Å²) in [6, 6.07) is 7.34. The van der Waals surface area contributed by atoms with Crippen LogP contribution in [0.5, 0.6) is 0 Å². The Hall–Kier alpha value is -2.73. The molecular formula is C8H4N8. The molecule has 0 unspecified atom stereocenters. The fourth-order valence-corrected chi connectivity index (χ4v) is 1.54. The van der Waals surface area contributed by atoms with Crippen LogP contribution in [-0.4, -0.2) is 25.3 Å². The van der Waals surface area contributed by atoms with Gasteiger partial charge >= 0.3 is 0 Å². The largest absolute Gasteiger partial charge is 0.207 e. The van der Waals surface area contributed by atoms with E-state index in [1.54, 1.807) is 6.07 Å². The molecule has 1 aromatic carbocycles. The van der Waals surface area contributed by atoms with Gasteiger partial charge in [-0.15, -0.1) is 14.8 Å². The molecule has 76 valence electrons. The van der Waals surface area contributed by atoms with Crippen LogP contribution in [0.25, 0.3) is 26.9 Å². The van der Waals surface area contributed by atoms with Gasteiger partial charge in [-0.2, -0.15) is 0 Å². The maximum Gasteiger partial charge on any atom is 0.207 e. The van der Waals surface area contributed by atoms with Crippen LogP contribution in [0.2, 0.25) is 0 Å². The number of nitrogens with zero attached hydrogens (tertiary/aromatic N) is 8. The van der Waals surface area contributed by atoms with E-state index in [0.29, 0.717) is 5.65 Å². The molecule has 0 saturated heterocycles. The number of benzene rings is 1. The Labute approximate surface area is 88.1 Å². The molecule has 2 heterocycles. The average molecular weight is 212 g/mol. The zero-order valence-corrected chi connectivity index (χ0v) is 7.89. The second-order valence-electron chi connectivity index (χ2n) is 3.05. The average Bonchev–Trinajstić information content (AvgIpc) is 2.78. The van der Waals surface area contributed by atoms with E-state index in [4.69, 9.17) is 5.53 Å². The highest BCUT2D eigenvalue weighted by Crippen LogP contribution is 2.25. The summed E-state index contributed by atoms with van der Waals surface area (Å²) >= 11 is 0. The van der Waals surface area contributed by atoms with Gasteiger partial charge in [-0.1, -0.05) is 24.3 Å². The molecule has 3 rings (SSSR count). The normalized spacial score (nSPS) is 10.5. The van der Waals surface area contributed by atoms with Crippen molar-refractivity contribution >= 4 is 22.2 Å². The van der Waals surface area contributed by atoms with Crippen LogP contribution in [0.4, 0.5) is 5.82 Å². The van der Waals surface area contributed by atoms with Crippen molar-refractivity contribution in [2.45, 2.75) is 0 Å². The molecule has 3 aromatic rings. The molecule has 0 bridgehead atoms. The molecule has 0 N–H and O–H groups in total. The van der Waals surface area contributed by atoms with Gasteiger partial charge in [0.2, 0.25) is 5.65 Å². The molecule has 16 heavy (non-hydrogen) atoms. The van der Waals surface area contributed by atoms with Gasteiger partial charge in [0.15, 0.2) is 5.82 Å². The summed E-state index contributed by atoms with van der Waals surface area (Å²) in [5.74, 6) is 0.262. The third-order valence-corrected chi connectivity index (χ3v) is 2.19. The lowest BCUT2D eigenvalue weighted by Gasteiger charge is -2.00. The third-order valence-electron chi connectivity index (χ3n) is 2.19. The second kappa shape index (κ2) is 3.14. The Bertz CT molecular complexity index is 723. The van der Waals surface area contributed by atoms with Crippen molar-refractivity contribution < 1.29 is 0 Å². The van der Waals surface area contributed by atoms with Crippen LogP contribution in [0.1, 0.15) is 0 Å². The molecule has 8 nitrogen and oxygen atoms in total. The van der Waals surface area contributed by atoms with Crippen LogP contribution in [-0.2, 0) is 0 Å². The number of hydrogen-bond donors (Lipinski definition) is 0. The lowest BCUT2D eigenvalue weighted by Crippen LogP contribution is -1.95. The minimum absolute atomic E-state index is 0.262. The second-order valence-corrected chi connectivity index (χ2v) is 3.05. The van der Waals surface area contributed by atoms with Crippen molar-refractivity contribution in [3.8, 4) is 0 Å². The minimum Gasteiger partial charge on any atom is -0.145 e. The number of hydrogen-bond acceptors (Lipinski definition) is 5. The highest BCUT2D eigenvalue weighted by atomic mass is 15.6. The predicted molar refractivity (Wildman–Crippen MR) is 54.9 cm³/mol. The van der Waals surface area contributed by atoms with Gasteiger partial charge in [0, 0.05) is 15.7 Å². The van der Waals surface area contributed by atoms with Crippen LogP contribution >= 0.6 is 0 Å². The molecular weight excluding hydrogens is 208 g/mol. The van der Waals surface area contributed by atoms with Crippen molar-refractivity contribution in [2.24, 2.45) is 5.11 Å². The zero-order chi connectivity index (χ0) is 11.0. The number of aromatic nitrogens is 5. The maximum atomic E-state index is 8.46. The molecule has 0 aliphatic heterocycles. The highest BCUT2D eigenvalue weighted by molar-refractivity contribution is 5.98. The van der Waals surface area contributed by atoms with Crippen LogP contribution in [0.3, 0.4) is 0 Å². The van der Waals surface area contributed by atoms with Gasteiger partial charge in [-0.25, -0.2) is 0 Å². The smallest absolute Gasteiger partial charge is 0.145 e. The molecule has 0 radical (unpaired) electrons. The summed E-state index contributed by atoms with van der Waals surface area (Å²) in [5, 5.41) is 20.1. The first-order valence-corrected chi connectivity index (χ1v) is 4.42. The van der Waals surface area contributed by atoms with Gasteiger partial charge in [-0.3, -0.25) is 0 Å². The van der Waals surface area contributed by atoms with Crippen LogP contribution in [0.15, 0.2) is 29.4 Å². The first-order valence-electron chi connectivity index (χ1n) is 4.42. The standard InChI is InChI=1S/C8H4N8/c9-13-10-7-5-3-1-2-4-6(5)8-11-14-15-16(8)12-7/h1-4H. The quantitative estimate of drug-likeness (QED) is 0.347. The molecule has 0 fully saturated rings. The number of rotatable bonds is 1. The molecule has 8 heteroatoms. The highest BCUT2D eigenvalue weighted by Gasteiger charge is 2.08. The van der Waals surface area contributed by atoms with Crippen molar-refractivity contribution in [1.29, 1.82) is 0 Å². The fourth-order valence-electron chi connectivity index (χ4n) is 1.54. The van der Waals surface area contributed by atoms with E-state index in [1.807, 2.05) is 18.2 Å². The Kier molecular flexibility index (Phi) is 1.68. The Morgan fingerprint density at radius 2 is 2.06 bits per heavy atom. The fraction of sp³-hybridized carbons (Fsp3) is 0. The summed E-state index contributed by atoms with van der Waals surface area (Å²) in [4.78, 5) is 2.73. The predicted octanol–water partition coefficient (Wildman–Crippen LogP) is 1.61. The van der Waals surface area contributed by atoms with Gasteiger partial charge < -0.3 is 0 Å². The summed E-state index contributed by atoms with van der Waals surface area (Å²) in [5.41, 5.74) is 8.99. The first-order chi connectivity index (χ1) is 7.90. The van der Waals surface area contributed by atoms with E-state index in [9.17, 15) is 0 Å². The van der Waals surface area contributed by atoms with Crippen LogP contribution < -0.4 is 0 Å². The van der Waals surface area contributed by atoms with Crippen molar-refractivity contribution in [3.05, 3.63) is 34.7 Å². The van der Waals surface area contributed by atoms with Gasteiger partial charge in [0.25, 0.3) is 0 Å². The number of azide groups is 1. The van der Waals surface area contributed by atoms with Gasteiger partial charge in [-0.05, 0) is 21.1 Å².